The number of rotatable bonds is 4. The summed E-state index contributed by atoms with van der Waals surface area (Å²) in [6, 6.07) is 0. The SMILES string of the molecule is Fc1nc(F)c(F)c(NCc2nccn2C(F)F)c1F. The van der Waals surface area contributed by atoms with E-state index in [-0.39, 0.29) is 5.82 Å². The van der Waals surface area contributed by atoms with Crippen molar-refractivity contribution in [2.75, 3.05) is 5.32 Å². The Morgan fingerprint density at radius 1 is 1.10 bits per heavy atom. The summed E-state index contributed by atoms with van der Waals surface area (Å²) in [5.74, 6) is -7.46. The molecule has 0 atom stereocenters. The summed E-state index contributed by atoms with van der Waals surface area (Å²) >= 11 is 0. The first kappa shape index (κ1) is 14.2. The van der Waals surface area contributed by atoms with Crippen LogP contribution in [0, 0.1) is 23.5 Å². The van der Waals surface area contributed by atoms with Crippen molar-refractivity contribution >= 4 is 5.69 Å². The molecule has 0 saturated carbocycles. The number of halogens is 6. The van der Waals surface area contributed by atoms with Crippen molar-refractivity contribution in [2.24, 2.45) is 0 Å². The van der Waals surface area contributed by atoms with E-state index in [9.17, 15) is 26.3 Å². The van der Waals surface area contributed by atoms with Gasteiger partial charge in [-0.1, -0.05) is 0 Å². The molecule has 20 heavy (non-hydrogen) atoms. The maximum absolute atomic E-state index is 13.2. The lowest BCUT2D eigenvalue weighted by Crippen LogP contribution is -2.13. The second kappa shape index (κ2) is 5.39. The molecule has 0 aliphatic rings. The maximum Gasteiger partial charge on any atom is 0.319 e. The average molecular weight is 296 g/mol. The van der Waals surface area contributed by atoms with Crippen molar-refractivity contribution in [1.29, 1.82) is 0 Å². The fourth-order valence-corrected chi connectivity index (χ4v) is 1.47. The number of alkyl halides is 2. The number of nitrogens with one attached hydrogen (secondary N) is 1. The van der Waals surface area contributed by atoms with Crippen molar-refractivity contribution in [2.45, 2.75) is 13.1 Å². The van der Waals surface area contributed by atoms with E-state index in [2.05, 4.69) is 9.97 Å². The van der Waals surface area contributed by atoms with Crippen molar-refractivity contribution in [3.63, 3.8) is 0 Å². The maximum atomic E-state index is 13.2. The molecule has 0 spiro atoms. The van der Waals surface area contributed by atoms with Gasteiger partial charge in [-0.05, 0) is 0 Å². The van der Waals surface area contributed by atoms with E-state index in [0.717, 1.165) is 12.4 Å². The number of hydrogen-bond donors (Lipinski definition) is 1. The third-order valence-corrected chi connectivity index (χ3v) is 2.38. The monoisotopic (exact) mass is 296 g/mol. The molecule has 0 bridgehead atoms. The van der Waals surface area contributed by atoms with Crippen LogP contribution in [-0.2, 0) is 6.54 Å². The van der Waals surface area contributed by atoms with Crippen LogP contribution in [0.1, 0.15) is 12.4 Å². The Hall–Kier alpha value is -2.26. The van der Waals surface area contributed by atoms with Gasteiger partial charge in [0.25, 0.3) is 11.9 Å². The molecule has 0 fully saturated rings. The molecule has 2 rings (SSSR count). The van der Waals surface area contributed by atoms with E-state index < -0.39 is 42.3 Å². The first-order valence-corrected chi connectivity index (χ1v) is 5.15. The van der Waals surface area contributed by atoms with E-state index in [1.807, 2.05) is 5.32 Å². The lowest BCUT2D eigenvalue weighted by molar-refractivity contribution is 0.0673. The molecule has 0 radical (unpaired) electrons. The van der Waals surface area contributed by atoms with Crippen molar-refractivity contribution in [1.82, 2.24) is 14.5 Å². The Morgan fingerprint density at radius 2 is 1.70 bits per heavy atom. The van der Waals surface area contributed by atoms with Gasteiger partial charge in [-0.2, -0.15) is 31.3 Å². The number of aromatic nitrogens is 3. The zero-order chi connectivity index (χ0) is 14.9. The molecule has 108 valence electrons. The van der Waals surface area contributed by atoms with Crippen LogP contribution in [0.15, 0.2) is 12.4 Å². The van der Waals surface area contributed by atoms with Crippen LogP contribution in [-0.4, -0.2) is 14.5 Å². The summed E-state index contributed by atoms with van der Waals surface area (Å²) in [4.78, 5) is 5.89. The molecule has 0 aromatic carbocycles. The Bertz CT molecular complexity index is 600. The zero-order valence-electron chi connectivity index (χ0n) is 9.55. The first-order valence-electron chi connectivity index (χ1n) is 5.15. The van der Waals surface area contributed by atoms with Crippen molar-refractivity contribution in [3.05, 3.63) is 41.7 Å². The molecule has 2 aromatic heterocycles. The van der Waals surface area contributed by atoms with E-state index in [0.29, 0.717) is 4.57 Å². The van der Waals surface area contributed by atoms with Gasteiger partial charge in [-0.25, -0.2) is 4.98 Å². The molecular weight excluding hydrogens is 290 g/mol. The number of hydrogen-bond acceptors (Lipinski definition) is 3. The third kappa shape index (κ3) is 2.53. The van der Waals surface area contributed by atoms with Gasteiger partial charge in [0.05, 0.1) is 6.54 Å². The lowest BCUT2D eigenvalue weighted by atomic mass is 10.3. The molecule has 0 aliphatic heterocycles. The van der Waals surface area contributed by atoms with Gasteiger partial charge in [0.15, 0.2) is 0 Å². The fraction of sp³-hybridized carbons (Fsp3) is 0.200. The Balaban J connectivity index is 2.25. The van der Waals surface area contributed by atoms with Crippen LogP contribution in [0.2, 0.25) is 0 Å². The Kier molecular flexibility index (Phi) is 3.81. The average Bonchev–Trinajstić information content (AvgIpc) is 2.85. The minimum absolute atomic E-state index is 0.267. The Morgan fingerprint density at radius 3 is 2.25 bits per heavy atom. The quantitative estimate of drug-likeness (QED) is 0.697. The number of anilines is 1. The third-order valence-electron chi connectivity index (χ3n) is 2.38. The van der Waals surface area contributed by atoms with Gasteiger partial charge >= 0.3 is 6.55 Å². The molecule has 0 unspecified atom stereocenters. The van der Waals surface area contributed by atoms with Gasteiger partial charge in [-0.15, -0.1) is 0 Å². The number of nitrogens with zero attached hydrogens (tertiary/aromatic N) is 3. The lowest BCUT2D eigenvalue weighted by Gasteiger charge is -2.10. The highest BCUT2D eigenvalue weighted by Crippen LogP contribution is 2.23. The summed E-state index contributed by atoms with van der Waals surface area (Å²) in [6.45, 7) is -3.47. The van der Waals surface area contributed by atoms with E-state index >= 15 is 0 Å². The van der Waals surface area contributed by atoms with Gasteiger partial charge < -0.3 is 5.32 Å². The van der Waals surface area contributed by atoms with Gasteiger partial charge in [-0.3, -0.25) is 4.57 Å². The van der Waals surface area contributed by atoms with Crippen LogP contribution < -0.4 is 5.32 Å². The second-order valence-corrected chi connectivity index (χ2v) is 3.58. The number of pyridine rings is 1. The fourth-order valence-electron chi connectivity index (χ4n) is 1.47. The number of imidazole rings is 1. The van der Waals surface area contributed by atoms with Crippen LogP contribution in [0.3, 0.4) is 0 Å². The van der Waals surface area contributed by atoms with Gasteiger partial charge in [0.2, 0.25) is 11.6 Å². The summed E-state index contributed by atoms with van der Waals surface area (Å²) in [5, 5.41) is 1.97. The summed E-state index contributed by atoms with van der Waals surface area (Å²) in [5.41, 5.74) is -1.14. The first-order chi connectivity index (χ1) is 9.41. The summed E-state index contributed by atoms with van der Waals surface area (Å²) < 4.78 is 77.5. The van der Waals surface area contributed by atoms with E-state index in [1.54, 1.807) is 0 Å². The van der Waals surface area contributed by atoms with Crippen LogP contribution in [0.4, 0.5) is 32.0 Å². The minimum Gasteiger partial charge on any atom is -0.373 e. The minimum atomic E-state index is -2.91. The smallest absolute Gasteiger partial charge is 0.319 e. The molecule has 0 saturated heterocycles. The highest BCUT2D eigenvalue weighted by Gasteiger charge is 2.21. The van der Waals surface area contributed by atoms with Crippen LogP contribution >= 0.6 is 0 Å². The van der Waals surface area contributed by atoms with Crippen molar-refractivity contribution < 1.29 is 26.3 Å². The largest absolute Gasteiger partial charge is 0.373 e. The molecule has 0 aliphatic carbocycles. The van der Waals surface area contributed by atoms with Gasteiger partial charge in [0, 0.05) is 12.4 Å². The molecule has 2 heterocycles. The van der Waals surface area contributed by atoms with Crippen molar-refractivity contribution in [3.8, 4) is 0 Å². The molecule has 4 nitrogen and oxygen atoms in total. The summed E-state index contributed by atoms with van der Waals surface area (Å²) in [7, 11) is 0. The molecule has 1 N–H and O–H groups in total. The van der Waals surface area contributed by atoms with E-state index in [4.69, 9.17) is 0 Å². The van der Waals surface area contributed by atoms with Gasteiger partial charge in [0.1, 0.15) is 11.5 Å². The second-order valence-electron chi connectivity index (χ2n) is 3.58. The molecule has 0 amide bonds. The summed E-state index contributed by atoms with van der Waals surface area (Å²) in [6.07, 6.45) is 1.99. The van der Waals surface area contributed by atoms with Crippen LogP contribution in [0.25, 0.3) is 0 Å². The zero-order valence-corrected chi connectivity index (χ0v) is 9.55. The Labute approximate surface area is 108 Å². The highest BCUT2D eigenvalue weighted by atomic mass is 19.3. The highest BCUT2D eigenvalue weighted by molar-refractivity contribution is 5.45. The molecular formula is C10H6F6N4. The van der Waals surface area contributed by atoms with E-state index in [1.165, 1.54) is 0 Å². The van der Waals surface area contributed by atoms with Crippen LogP contribution in [0.5, 0.6) is 0 Å². The predicted octanol–water partition coefficient (Wildman–Crippen LogP) is 2.84. The standard InChI is InChI=1S/C10H6F6N4/c11-5-7(6(12)9(14)19-8(5)13)18-3-4-17-1-2-20(4)10(15)16/h1-2,10H,3H2,(H,18,19). The predicted molar refractivity (Wildman–Crippen MR) is 54.9 cm³/mol. The topological polar surface area (TPSA) is 42.7 Å². The molecule has 2 aromatic rings. The molecule has 10 heteroatoms. The normalized spacial score (nSPS) is 11.2.